The molecule has 0 saturated carbocycles. The average molecular weight is 699 g/mol. The van der Waals surface area contributed by atoms with Gasteiger partial charge in [-0.15, -0.1) is 0 Å². The van der Waals surface area contributed by atoms with Crippen LogP contribution in [-0.4, -0.2) is 112 Å². The fourth-order valence-electron chi connectivity index (χ4n) is 3.16. The summed E-state index contributed by atoms with van der Waals surface area (Å²) in [6, 6.07) is 5.67. The van der Waals surface area contributed by atoms with Crippen LogP contribution in [0.3, 0.4) is 0 Å². The molecule has 2 aromatic carbocycles. The van der Waals surface area contributed by atoms with Gasteiger partial charge in [0.05, 0.1) is 56.5 Å². The van der Waals surface area contributed by atoms with Gasteiger partial charge < -0.3 is 28.1 Å². The van der Waals surface area contributed by atoms with Gasteiger partial charge in [0.15, 0.2) is 0 Å². The average Bonchev–Trinajstić information content (AvgIpc) is 2.85. The third-order valence-electron chi connectivity index (χ3n) is 4.81. The van der Waals surface area contributed by atoms with Crippen LogP contribution in [0.15, 0.2) is 46.2 Å². The van der Waals surface area contributed by atoms with Gasteiger partial charge in [0.2, 0.25) is 0 Å². The molecule has 244 valence electrons. The van der Waals surface area contributed by atoms with E-state index in [1.165, 1.54) is 0 Å². The van der Waals surface area contributed by atoms with Crippen molar-refractivity contribution in [1.29, 1.82) is 0 Å². The Kier molecular flexibility index (Phi) is 16.9. The molecular weight excluding hydrogens is 665 g/mol. The molecule has 2 aromatic rings. The zero-order valence-electron chi connectivity index (χ0n) is 26.0. The van der Waals surface area contributed by atoms with Crippen molar-refractivity contribution >= 4 is 81.9 Å². The van der Waals surface area contributed by atoms with Crippen LogP contribution in [0.5, 0.6) is 0 Å². The van der Waals surface area contributed by atoms with Gasteiger partial charge in [-0.25, -0.2) is 36.0 Å². The SMILES string of the molecule is CC(C)OC(=O)c1ccc(S(=O)(=O)[O-])cc1C(=O)OC(C)C.CC(C)OC(=O)c1ccc(S(=O)(=O)[O-])cc1C(=O)OC(C)C.[Ca+2]. The van der Waals surface area contributed by atoms with E-state index < -0.39 is 78.3 Å². The zero-order valence-corrected chi connectivity index (χ0v) is 29.9. The summed E-state index contributed by atoms with van der Waals surface area (Å²) >= 11 is 0. The molecule has 0 fully saturated rings. The monoisotopic (exact) mass is 698 g/mol. The van der Waals surface area contributed by atoms with Gasteiger partial charge >= 0.3 is 61.6 Å². The van der Waals surface area contributed by atoms with Gasteiger partial charge in [-0.2, -0.15) is 0 Å². The smallest absolute Gasteiger partial charge is 0.744 e. The molecule has 0 spiro atoms. The molecule has 0 aromatic heterocycles. The van der Waals surface area contributed by atoms with Crippen molar-refractivity contribution in [3.05, 3.63) is 58.7 Å². The van der Waals surface area contributed by atoms with Crippen molar-refractivity contribution in [3.63, 3.8) is 0 Å². The number of hydrogen-bond donors (Lipinski definition) is 0. The van der Waals surface area contributed by atoms with E-state index in [4.69, 9.17) is 18.9 Å². The Morgan fingerprint density at radius 1 is 0.489 bits per heavy atom. The van der Waals surface area contributed by atoms with Crippen molar-refractivity contribution in [2.45, 2.75) is 89.6 Å². The number of carbonyl (C=O) groups excluding carboxylic acids is 4. The number of esters is 4. The number of ether oxygens (including phenoxy) is 4. The van der Waals surface area contributed by atoms with Gasteiger partial charge in [-0.1, -0.05) is 0 Å². The Morgan fingerprint density at radius 2 is 0.711 bits per heavy atom. The molecule has 0 unspecified atom stereocenters. The van der Waals surface area contributed by atoms with E-state index in [0.29, 0.717) is 0 Å². The van der Waals surface area contributed by atoms with Crippen LogP contribution in [0.25, 0.3) is 0 Å². The van der Waals surface area contributed by atoms with Gasteiger partial charge in [0.1, 0.15) is 20.2 Å². The maximum atomic E-state index is 12.0. The summed E-state index contributed by atoms with van der Waals surface area (Å²) in [6.45, 7) is 12.9. The molecule has 45 heavy (non-hydrogen) atoms. The van der Waals surface area contributed by atoms with Crippen LogP contribution in [0.1, 0.15) is 96.8 Å². The van der Waals surface area contributed by atoms with Crippen molar-refractivity contribution < 1.29 is 64.1 Å². The first-order chi connectivity index (χ1) is 20.0. The number of benzene rings is 2. The van der Waals surface area contributed by atoms with Crippen molar-refractivity contribution in [2.75, 3.05) is 0 Å². The van der Waals surface area contributed by atoms with E-state index in [2.05, 4.69) is 0 Å². The van der Waals surface area contributed by atoms with Crippen molar-refractivity contribution in [3.8, 4) is 0 Å². The molecule has 14 nitrogen and oxygen atoms in total. The Bertz CT molecular complexity index is 1480. The molecule has 0 aliphatic rings. The normalized spacial score (nSPS) is 11.3. The third kappa shape index (κ3) is 14.1. The largest absolute Gasteiger partial charge is 2.00 e. The molecule has 0 bridgehead atoms. The first-order valence-electron chi connectivity index (χ1n) is 13.1. The van der Waals surface area contributed by atoms with Gasteiger partial charge in [0.25, 0.3) is 0 Å². The first-order valence-corrected chi connectivity index (χ1v) is 15.9. The van der Waals surface area contributed by atoms with Crippen LogP contribution < -0.4 is 0 Å². The summed E-state index contributed by atoms with van der Waals surface area (Å²) in [4.78, 5) is 46.7. The Morgan fingerprint density at radius 3 is 0.911 bits per heavy atom. The molecule has 17 heteroatoms. The quantitative estimate of drug-likeness (QED) is 0.151. The minimum atomic E-state index is -4.76. The van der Waals surface area contributed by atoms with Crippen LogP contribution >= 0.6 is 0 Å². The van der Waals surface area contributed by atoms with E-state index in [-0.39, 0.29) is 60.0 Å². The summed E-state index contributed by atoms with van der Waals surface area (Å²) in [7, 11) is -9.53. The van der Waals surface area contributed by atoms with E-state index in [9.17, 15) is 45.1 Å². The minimum absolute atomic E-state index is 0. The molecule has 0 aliphatic carbocycles. The second kappa shape index (κ2) is 17.9. The summed E-state index contributed by atoms with van der Waals surface area (Å²) in [5.74, 6) is -3.42. The summed E-state index contributed by atoms with van der Waals surface area (Å²) in [6.07, 6.45) is -1.81. The molecule has 0 heterocycles. The first kappa shape index (κ1) is 42.4. The fraction of sp³-hybridized carbons (Fsp3) is 0.429. The van der Waals surface area contributed by atoms with E-state index >= 15 is 0 Å². The summed E-state index contributed by atoms with van der Waals surface area (Å²) < 4.78 is 86.3. The molecule has 0 radical (unpaired) electrons. The molecule has 0 N–H and O–H groups in total. The molecular formula is C28H34CaO14S2. The van der Waals surface area contributed by atoms with Crippen molar-refractivity contribution in [2.24, 2.45) is 0 Å². The standard InChI is InChI=1S/2C14H18O7S.Ca/c2*1-8(2)20-13(15)11-6-5-10(22(17,18)19)7-12(11)14(16)21-9(3)4;/h2*5-9H,1-4H3,(H,17,18,19);/q;;+2/p-2. The second-order valence-corrected chi connectivity index (χ2v) is 12.9. The minimum Gasteiger partial charge on any atom is -0.744 e. The van der Waals surface area contributed by atoms with E-state index in [0.717, 1.165) is 36.4 Å². The Labute approximate surface area is 292 Å². The van der Waals surface area contributed by atoms with Crippen LogP contribution in [-0.2, 0) is 39.2 Å². The number of carbonyl (C=O) groups is 4. The van der Waals surface area contributed by atoms with Crippen molar-refractivity contribution in [1.82, 2.24) is 0 Å². The molecule has 2 rings (SSSR count). The maximum absolute atomic E-state index is 12.0. The summed E-state index contributed by atoms with van der Waals surface area (Å²) in [5.41, 5.74) is -0.967. The molecule has 0 amide bonds. The van der Waals surface area contributed by atoms with Gasteiger partial charge in [0, 0.05) is 0 Å². The van der Waals surface area contributed by atoms with Crippen LogP contribution in [0.2, 0.25) is 0 Å². The fourth-order valence-corrected chi connectivity index (χ4v) is 4.16. The number of rotatable bonds is 10. The molecule has 0 saturated heterocycles. The van der Waals surface area contributed by atoms with Crippen LogP contribution in [0.4, 0.5) is 0 Å². The predicted octanol–water partition coefficient (Wildman–Crippen LogP) is 3.06. The predicted molar refractivity (Wildman–Crippen MR) is 157 cm³/mol. The van der Waals surface area contributed by atoms with E-state index in [1.807, 2.05) is 0 Å². The number of hydrogen-bond acceptors (Lipinski definition) is 14. The van der Waals surface area contributed by atoms with E-state index in [1.54, 1.807) is 55.4 Å². The molecule has 0 atom stereocenters. The third-order valence-corrected chi connectivity index (χ3v) is 6.47. The Hall–Kier alpha value is -2.60. The van der Waals surface area contributed by atoms with Gasteiger partial charge in [-0.05, 0) is 91.8 Å². The summed E-state index contributed by atoms with van der Waals surface area (Å²) in [5, 5.41) is 0. The van der Waals surface area contributed by atoms with Gasteiger partial charge in [-0.3, -0.25) is 0 Å². The molecule has 0 aliphatic heterocycles. The second-order valence-electron chi connectivity index (χ2n) is 10.1. The zero-order chi connectivity index (χ0) is 34.2. The van der Waals surface area contributed by atoms with Crippen LogP contribution in [0, 0.1) is 0 Å². The Balaban J connectivity index is 0.000000842. The topological polar surface area (TPSA) is 220 Å². The maximum Gasteiger partial charge on any atom is 2.00 e.